The number of hydrogen-bond donors (Lipinski definition) is 1. The van der Waals surface area contributed by atoms with Gasteiger partial charge in [0.1, 0.15) is 6.61 Å². The van der Waals surface area contributed by atoms with Gasteiger partial charge in [0.05, 0.1) is 12.2 Å². The average Bonchev–Trinajstić information content (AvgIpc) is 2.45. The summed E-state index contributed by atoms with van der Waals surface area (Å²) in [6.07, 6.45) is 7.28. The van der Waals surface area contributed by atoms with E-state index in [9.17, 15) is 4.79 Å². The van der Waals surface area contributed by atoms with Crippen molar-refractivity contribution in [3.63, 3.8) is 0 Å². The maximum absolute atomic E-state index is 10.5. The lowest BCUT2D eigenvalue weighted by Gasteiger charge is -2.42. The fourth-order valence-corrected chi connectivity index (χ4v) is 3.33. The van der Waals surface area contributed by atoms with Crippen LogP contribution >= 0.6 is 0 Å². The lowest BCUT2D eigenvalue weighted by molar-refractivity contribution is -0.145. The van der Waals surface area contributed by atoms with Gasteiger partial charge in [0.2, 0.25) is 0 Å². The molecule has 19 heavy (non-hydrogen) atoms. The van der Waals surface area contributed by atoms with Gasteiger partial charge in [0.15, 0.2) is 0 Å². The van der Waals surface area contributed by atoms with Crippen LogP contribution in [0.1, 0.15) is 38.5 Å². The topological polar surface area (TPSA) is 59.0 Å². The molecule has 1 aliphatic heterocycles. The average molecular weight is 271 g/mol. The van der Waals surface area contributed by atoms with Crippen LogP contribution < -0.4 is 0 Å². The number of aliphatic carboxylic acids is 1. The summed E-state index contributed by atoms with van der Waals surface area (Å²) in [6.45, 7) is 1.82. The van der Waals surface area contributed by atoms with E-state index in [0.717, 1.165) is 32.4 Å². The number of methoxy groups -OCH3 is 1. The number of carbonyl (C=O) groups is 1. The van der Waals surface area contributed by atoms with Crippen LogP contribution in [0.4, 0.5) is 0 Å². The lowest BCUT2D eigenvalue weighted by atomic mass is 9.89. The van der Waals surface area contributed by atoms with Crippen molar-refractivity contribution in [2.24, 2.45) is 0 Å². The second-order valence-corrected chi connectivity index (χ2v) is 5.57. The minimum atomic E-state index is -0.880. The van der Waals surface area contributed by atoms with Crippen LogP contribution in [0, 0.1) is 0 Å². The van der Waals surface area contributed by atoms with Crippen molar-refractivity contribution >= 4 is 5.97 Å². The molecule has 2 unspecified atom stereocenters. The minimum Gasteiger partial charge on any atom is -0.480 e. The molecule has 110 valence electrons. The Labute approximate surface area is 114 Å². The summed E-state index contributed by atoms with van der Waals surface area (Å²) in [4.78, 5) is 13.0. The van der Waals surface area contributed by atoms with Crippen molar-refractivity contribution in [1.29, 1.82) is 0 Å². The molecule has 5 nitrogen and oxygen atoms in total. The molecule has 0 spiro atoms. The van der Waals surface area contributed by atoms with Gasteiger partial charge in [-0.1, -0.05) is 12.8 Å². The van der Waals surface area contributed by atoms with Crippen molar-refractivity contribution < 1.29 is 19.4 Å². The first-order valence-electron chi connectivity index (χ1n) is 7.31. The van der Waals surface area contributed by atoms with Gasteiger partial charge in [-0.3, -0.25) is 4.90 Å². The summed E-state index contributed by atoms with van der Waals surface area (Å²) in [5.74, 6) is -0.880. The second-order valence-electron chi connectivity index (χ2n) is 5.57. The second kappa shape index (κ2) is 7.22. The molecule has 0 aromatic carbocycles. The number of carboxylic acids is 1. The quantitative estimate of drug-likeness (QED) is 0.821. The Morgan fingerprint density at radius 2 is 1.89 bits per heavy atom. The molecule has 1 saturated heterocycles. The number of piperidine rings is 1. The first-order chi connectivity index (χ1) is 9.20. The van der Waals surface area contributed by atoms with Crippen LogP contribution in [-0.4, -0.2) is 61.0 Å². The molecule has 2 atom stereocenters. The van der Waals surface area contributed by atoms with E-state index in [0.29, 0.717) is 12.1 Å². The number of ether oxygens (including phenoxy) is 2. The Morgan fingerprint density at radius 1 is 1.21 bits per heavy atom. The Bertz CT molecular complexity index is 289. The van der Waals surface area contributed by atoms with Crippen molar-refractivity contribution in [3.8, 4) is 0 Å². The van der Waals surface area contributed by atoms with Gasteiger partial charge in [-0.15, -0.1) is 0 Å². The highest BCUT2D eigenvalue weighted by molar-refractivity contribution is 5.68. The molecule has 2 rings (SSSR count). The maximum Gasteiger partial charge on any atom is 0.329 e. The van der Waals surface area contributed by atoms with Crippen molar-refractivity contribution in [2.45, 2.75) is 56.8 Å². The molecule has 0 aromatic rings. The number of carboxylic acid groups (broad SMARTS) is 1. The van der Waals surface area contributed by atoms with E-state index in [1.165, 1.54) is 19.3 Å². The lowest BCUT2D eigenvalue weighted by Crippen LogP contribution is -2.50. The molecule has 0 aromatic heterocycles. The van der Waals surface area contributed by atoms with E-state index in [2.05, 4.69) is 4.90 Å². The van der Waals surface area contributed by atoms with Crippen molar-refractivity contribution in [3.05, 3.63) is 0 Å². The molecule has 2 fully saturated rings. The van der Waals surface area contributed by atoms with Gasteiger partial charge in [-0.25, -0.2) is 4.79 Å². The molecule has 1 saturated carbocycles. The molecule has 1 aliphatic carbocycles. The van der Waals surface area contributed by atoms with Gasteiger partial charge >= 0.3 is 5.97 Å². The Morgan fingerprint density at radius 3 is 2.53 bits per heavy atom. The molecule has 0 amide bonds. The van der Waals surface area contributed by atoms with Crippen molar-refractivity contribution in [2.75, 3.05) is 26.8 Å². The Hall–Kier alpha value is -0.650. The summed E-state index contributed by atoms with van der Waals surface area (Å²) in [5.41, 5.74) is 0. The number of likely N-dealkylation sites (tertiary alicyclic amines) is 1. The van der Waals surface area contributed by atoms with E-state index >= 15 is 0 Å². The van der Waals surface area contributed by atoms with Crippen LogP contribution in [-0.2, 0) is 14.3 Å². The summed E-state index contributed by atoms with van der Waals surface area (Å²) in [6, 6.07) is 0.541. The molecular formula is C14H25NO4. The molecular weight excluding hydrogens is 246 g/mol. The highest BCUT2D eigenvalue weighted by Gasteiger charge is 2.32. The van der Waals surface area contributed by atoms with Crippen LogP contribution in [0.15, 0.2) is 0 Å². The van der Waals surface area contributed by atoms with Gasteiger partial charge in [-0.2, -0.15) is 0 Å². The first kappa shape index (κ1) is 14.8. The predicted molar refractivity (Wildman–Crippen MR) is 71.2 cm³/mol. The number of rotatable bonds is 5. The highest BCUT2D eigenvalue weighted by Crippen LogP contribution is 2.28. The van der Waals surface area contributed by atoms with Crippen LogP contribution in [0.2, 0.25) is 0 Å². The summed E-state index contributed by atoms with van der Waals surface area (Å²) in [7, 11) is 1.81. The molecule has 1 N–H and O–H groups in total. The van der Waals surface area contributed by atoms with Gasteiger partial charge < -0.3 is 14.6 Å². The zero-order valence-corrected chi connectivity index (χ0v) is 11.7. The Balaban J connectivity index is 1.77. The Kier molecular flexibility index (Phi) is 5.60. The zero-order valence-electron chi connectivity index (χ0n) is 11.7. The minimum absolute atomic E-state index is 0.108. The van der Waals surface area contributed by atoms with Crippen LogP contribution in [0.3, 0.4) is 0 Å². The van der Waals surface area contributed by atoms with Gasteiger partial charge in [0, 0.05) is 26.2 Å². The van der Waals surface area contributed by atoms with Crippen LogP contribution in [0.25, 0.3) is 0 Å². The summed E-state index contributed by atoms with van der Waals surface area (Å²) < 4.78 is 11.0. The largest absolute Gasteiger partial charge is 0.480 e. The van der Waals surface area contributed by atoms with Gasteiger partial charge in [-0.05, 0) is 25.7 Å². The highest BCUT2D eigenvalue weighted by atomic mass is 16.5. The molecule has 0 bridgehead atoms. The van der Waals surface area contributed by atoms with Crippen LogP contribution in [0.5, 0.6) is 0 Å². The van der Waals surface area contributed by atoms with E-state index in [4.69, 9.17) is 14.6 Å². The number of hydrogen-bond acceptors (Lipinski definition) is 4. The van der Waals surface area contributed by atoms with E-state index in [1.807, 2.05) is 7.11 Å². The smallest absolute Gasteiger partial charge is 0.329 e. The summed E-state index contributed by atoms with van der Waals surface area (Å²) >= 11 is 0. The third-order valence-corrected chi connectivity index (χ3v) is 4.36. The zero-order chi connectivity index (χ0) is 13.7. The predicted octanol–water partition coefficient (Wildman–Crippen LogP) is 1.51. The fraction of sp³-hybridized carbons (Fsp3) is 0.929. The normalized spacial score (nSPS) is 30.4. The molecule has 0 radical (unpaired) electrons. The monoisotopic (exact) mass is 271 g/mol. The van der Waals surface area contributed by atoms with E-state index in [-0.39, 0.29) is 12.7 Å². The standard InChI is InChI=1S/C14H25NO4/c1-18-13-5-3-2-4-12(13)15-8-6-11(7-9-15)19-10-14(16)17/h11-13H,2-10H2,1H3,(H,16,17). The SMILES string of the molecule is COC1CCCCC1N1CCC(OCC(=O)O)CC1. The third-order valence-electron chi connectivity index (χ3n) is 4.36. The fourth-order valence-electron chi connectivity index (χ4n) is 3.33. The number of nitrogens with zero attached hydrogens (tertiary/aromatic N) is 1. The maximum atomic E-state index is 10.5. The van der Waals surface area contributed by atoms with E-state index in [1.54, 1.807) is 0 Å². The molecule has 2 aliphatic rings. The molecule has 1 heterocycles. The molecule has 5 heteroatoms. The van der Waals surface area contributed by atoms with Crippen molar-refractivity contribution in [1.82, 2.24) is 4.90 Å². The van der Waals surface area contributed by atoms with Gasteiger partial charge in [0.25, 0.3) is 0 Å². The van der Waals surface area contributed by atoms with E-state index < -0.39 is 5.97 Å². The first-order valence-corrected chi connectivity index (χ1v) is 7.31. The summed E-state index contributed by atoms with van der Waals surface area (Å²) in [5, 5.41) is 8.61. The third kappa shape index (κ3) is 4.16.